The van der Waals surface area contributed by atoms with Crippen molar-refractivity contribution in [2.75, 3.05) is 5.32 Å². The Labute approximate surface area is 158 Å². The fourth-order valence-corrected chi connectivity index (χ4v) is 3.24. The van der Waals surface area contributed by atoms with Gasteiger partial charge >= 0.3 is 0 Å². The van der Waals surface area contributed by atoms with Gasteiger partial charge in [-0.1, -0.05) is 36.4 Å². The summed E-state index contributed by atoms with van der Waals surface area (Å²) < 4.78 is 5.49. The molecule has 1 aromatic carbocycles. The molecule has 134 valence electrons. The van der Waals surface area contributed by atoms with Crippen LogP contribution in [0.5, 0.6) is 0 Å². The Morgan fingerprint density at radius 2 is 1.93 bits per heavy atom. The predicted molar refractivity (Wildman–Crippen MR) is 103 cm³/mol. The summed E-state index contributed by atoms with van der Waals surface area (Å²) in [5, 5.41) is 16.4. The van der Waals surface area contributed by atoms with Gasteiger partial charge in [0.2, 0.25) is 5.89 Å². The predicted octanol–water partition coefficient (Wildman–Crippen LogP) is 4.99. The zero-order chi connectivity index (χ0) is 18.6. The molecular formula is C19H14N4O3S. The summed E-state index contributed by atoms with van der Waals surface area (Å²) in [5.41, 5.74) is 1.70. The average Bonchev–Trinajstić information content (AvgIpc) is 3.38. The number of nitro groups is 1. The molecule has 0 radical (unpaired) electrons. The molecule has 0 amide bonds. The third-order valence-corrected chi connectivity index (χ3v) is 4.71. The molecule has 3 aromatic heterocycles. The molecule has 0 aliphatic heterocycles. The number of nitrogens with one attached hydrogen (secondary N) is 1. The average molecular weight is 378 g/mol. The highest BCUT2D eigenvalue weighted by Crippen LogP contribution is 2.29. The maximum absolute atomic E-state index is 11.3. The Morgan fingerprint density at radius 3 is 2.67 bits per heavy atom. The van der Waals surface area contributed by atoms with Gasteiger partial charge in [0.25, 0.3) is 5.69 Å². The van der Waals surface area contributed by atoms with Gasteiger partial charge in [-0.2, -0.15) is 0 Å². The lowest BCUT2D eigenvalue weighted by Gasteiger charge is -2.07. The zero-order valence-corrected chi connectivity index (χ0v) is 14.8. The van der Waals surface area contributed by atoms with Crippen LogP contribution in [0.2, 0.25) is 0 Å². The van der Waals surface area contributed by atoms with E-state index in [1.54, 1.807) is 35.8 Å². The molecule has 0 atom stereocenters. The summed E-state index contributed by atoms with van der Waals surface area (Å²) in [4.78, 5) is 20.7. The summed E-state index contributed by atoms with van der Waals surface area (Å²) in [7, 11) is 0. The van der Waals surface area contributed by atoms with Crippen molar-refractivity contribution in [3.05, 3.63) is 82.0 Å². The van der Waals surface area contributed by atoms with E-state index in [2.05, 4.69) is 15.3 Å². The molecule has 0 aliphatic carbocycles. The highest BCUT2D eigenvalue weighted by atomic mass is 32.1. The van der Waals surface area contributed by atoms with Crippen molar-refractivity contribution in [3.8, 4) is 22.0 Å². The smallest absolute Gasteiger partial charge is 0.295 e. The third-order valence-electron chi connectivity index (χ3n) is 3.85. The van der Waals surface area contributed by atoms with E-state index in [0.717, 1.165) is 10.6 Å². The molecule has 0 saturated heterocycles. The van der Waals surface area contributed by atoms with E-state index in [1.165, 1.54) is 6.07 Å². The van der Waals surface area contributed by atoms with Gasteiger partial charge in [-0.25, -0.2) is 9.97 Å². The van der Waals surface area contributed by atoms with Gasteiger partial charge in [0.15, 0.2) is 5.69 Å². The van der Waals surface area contributed by atoms with Gasteiger partial charge in [-0.3, -0.25) is 10.1 Å². The highest BCUT2D eigenvalue weighted by Gasteiger charge is 2.17. The van der Waals surface area contributed by atoms with Crippen molar-refractivity contribution in [1.82, 2.24) is 9.97 Å². The monoisotopic (exact) mass is 378 g/mol. The number of rotatable bonds is 6. The van der Waals surface area contributed by atoms with E-state index in [0.29, 0.717) is 29.5 Å². The first kappa shape index (κ1) is 16.9. The van der Waals surface area contributed by atoms with E-state index in [9.17, 15) is 10.1 Å². The zero-order valence-electron chi connectivity index (χ0n) is 14.0. The molecule has 1 N–H and O–H groups in total. The van der Waals surface area contributed by atoms with Gasteiger partial charge in [0.05, 0.1) is 22.0 Å². The number of oxazole rings is 1. The van der Waals surface area contributed by atoms with Crippen LogP contribution in [-0.2, 0) is 6.54 Å². The number of hydrogen-bond donors (Lipinski definition) is 1. The van der Waals surface area contributed by atoms with Crippen LogP contribution in [0.3, 0.4) is 0 Å². The van der Waals surface area contributed by atoms with Gasteiger partial charge < -0.3 is 9.73 Å². The number of benzene rings is 1. The molecule has 3 heterocycles. The van der Waals surface area contributed by atoms with E-state index in [-0.39, 0.29) is 5.69 Å². The van der Waals surface area contributed by atoms with Crippen molar-refractivity contribution < 1.29 is 9.34 Å². The van der Waals surface area contributed by atoms with Crippen LogP contribution in [0.1, 0.15) is 5.69 Å². The van der Waals surface area contributed by atoms with Gasteiger partial charge in [0, 0.05) is 11.6 Å². The van der Waals surface area contributed by atoms with Crippen LogP contribution in [0.25, 0.3) is 22.0 Å². The maximum atomic E-state index is 11.3. The van der Waals surface area contributed by atoms with Crippen LogP contribution < -0.4 is 5.32 Å². The number of pyridine rings is 1. The Balaban J connectivity index is 1.55. The Bertz CT molecular complexity index is 1060. The normalized spacial score (nSPS) is 10.7. The molecule has 0 aliphatic rings. The quantitative estimate of drug-likeness (QED) is 0.375. The maximum Gasteiger partial charge on any atom is 0.295 e. The first-order valence-electron chi connectivity index (χ1n) is 8.14. The van der Waals surface area contributed by atoms with Crippen molar-refractivity contribution in [2.24, 2.45) is 0 Å². The van der Waals surface area contributed by atoms with Crippen molar-refractivity contribution in [2.45, 2.75) is 6.54 Å². The van der Waals surface area contributed by atoms with Gasteiger partial charge in [-0.05, 0) is 17.5 Å². The molecular weight excluding hydrogens is 364 g/mol. The molecule has 0 saturated carbocycles. The molecule has 27 heavy (non-hydrogen) atoms. The second-order valence-electron chi connectivity index (χ2n) is 5.66. The summed E-state index contributed by atoms with van der Waals surface area (Å²) in [5.74, 6) is 1.10. The van der Waals surface area contributed by atoms with E-state index < -0.39 is 4.92 Å². The number of hydrogen-bond acceptors (Lipinski definition) is 7. The van der Waals surface area contributed by atoms with E-state index >= 15 is 0 Å². The lowest BCUT2D eigenvalue weighted by atomic mass is 10.1. The third kappa shape index (κ3) is 3.70. The van der Waals surface area contributed by atoms with Gasteiger partial charge in [0.1, 0.15) is 12.1 Å². The molecule has 0 spiro atoms. The first-order valence-corrected chi connectivity index (χ1v) is 9.01. The fourth-order valence-electron chi connectivity index (χ4n) is 2.59. The van der Waals surface area contributed by atoms with Gasteiger partial charge in [-0.15, -0.1) is 11.3 Å². The van der Waals surface area contributed by atoms with Crippen molar-refractivity contribution in [1.29, 1.82) is 0 Å². The minimum Gasteiger partial charge on any atom is -0.443 e. The SMILES string of the molecule is O=[N+]([O-])c1ccc(NCc2coc(-c3cccs3)n2)nc1-c1ccccc1. The summed E-state index contributed by atoms with van der Waals surface area (Å²) in [6, 6.07) is 16.0. The largest absolute Gasteiger partial charge is 0.443 e. The van der Waals surface area contributed by atoms with E-state index in [4.69, 9.17) is 4.42 Å². The standard InChI is InChI=1S/C19H14N4O3S/c24-23(25)15-8-9-17(22-18(15)13-5-2-1-3-6-13)20-11-14-12-26-19(21-14)16-7-4-10-27-16/h1-10,12H,11H2,(H,20,22). The number of nitrogens with zero attached hydrogens (tertiary/aromatic N) is 3. The lowest BCUT2D eigenvalue weighted by Crippen LogP contribution is -2.04. The Kier molecular flexibility index (Phi) is 4.63. The Hall–Kier alpha value is -3.52. The minimum atomic E-state index is -0.427. The summed E-state index contributed by atoms with van der Waals surface area (Å²) in [6.45, 7) is 0.397. The molecule has 4 aromatic rings. The molecule has 0 fully saturated rings. The minimum absolute atomic E-state index is 0.0341. The number of thiophene rings is 1. The molecule has 8 heteroatoms. The second kappa shape index (κ2) is 7.38. The van der Waals surface area contributed by atoms with E-state index in [1.807, 2.05) is 35.7 Å². The van der Waals surface area contributed by atoms with Crippen LogP contribution >= 0.6 is 11.3 Å². The number of aromatic nitrogens is 2. The van der Waals surface area contributed by atoms with Crippen LogP contribution in [0, 0.1) is 10.1 Å². The fraction of sp³-hybridized carbons (Fsp3) is 0.0526. The van der Waals surface area contributed by atoms with Crippen molar-refractivity contribution >= 4 is 22.8 Å². The van der Waals surface area contributed by atoms with Crippen LogP contribution in [-0.4, -0.2) is 14.9 Å². The first-order chi connectivity index (χ1) is 13.2. The summed E-state index contributed by atoms with van der Waals surface area (Å²) in [6.07, 6.45) is 1.59. The number of anilines is 1. The van der Waals surface area contributed by atoms with Crippen LogP contribution in [0.15, 0.2) is 70.7 Å². The second-order valence-corrected chi connectivity index (χ2v) is 6.61. The Morgan fingerprint density at radius 1 is 1.07 bits per heavy atom. The molecule has 4 rings (SSSR count). The summed E-state index contributed by atoms with van der Waals surface area (Å²) >= 11 is 1.55. The topological polar surface area (TPSA) is 94.1 Å². The molecule has 7 nitrogen and oxygen atoms in total. The molecule has 0 unspecified atom stereocenters. The molecule has 0 bridgehead atoms. The highest BCUT2D eigenvalue weighted by molar-refractivity contribution is 7.13. The van der Waals surface area contributed by atoms with Crippen molar-refractivity contribution in [3.63, 3.8) is 0 Å². The lowest BCUT2D eigenvalue weighted by molar-refractivity contribution is -0.384. The van der Waals surface area contributed by atoms with Crippen LogP contribution in [0.4, 0.5) is 11.5 Å².